The Kier molecular flexibility index (Phi) is 9.91. The second-order valence-electron chi connectivity index (χ2n) is 9.39. The number of anilines is 1. The number of sulfonamides is 1. The van der Waals surface area contributed by atoms with Crippen LogP contribution in [-0.2, 0) is 26.2 Å². The van der Waals surface area contributed by atoms with E-state index in [1.165, 1.54) is 17.0 Å². The molecule has 1 atom stereocenters. The Bertz CT molecular complexity index is 1170. The zero-order valence-corrected chi connectivity index (χ0v) is 22.5. The quantitative estimate of drug-likeness (QED) is 0.473. The maximum atomic E-state index is 13.7. The highest BCUT2D eigenvalue weighted by Gasteiger charge is 2.32. The van der Waals surface area contributed by atoms with Crippen molar-refractivity contribution in [2.45, 2.75) is 64.1 Å². The van der Waals surface area contributed by atoms with Gasteiger partial charge in [-0.3, -0.25) is 13.9 Å². The third-order valence-electron chi connectivity index (χ3n) is 6.62. The minimum Gasteiger partial charge on any atom is -0.497 e. The second-order valence-corrected chi connectivity index (χ2v) is 11.3. The number of benzene rings is 2. The van der Waals surface area contributed by atoms with Crippen LogP contribution in [0, 0.1) is 5.82 Å². The number of nitrogens with zero attached hydrogens (tertiary/aromatic N) is 2. The summed E-state index contributed by atoms with van der Waals surface area (Å²) in [5.74, 6) is -0.705. The Labute approximate surface area is 218 Å². The number of nitrogens with one attached hydrogen (secondary N) is 1. The molecule has 0 aliphatic heterocycles. The predicted octanol–water partition coefficient (Wildman–Crippen LogP) is 3.86. The van der Waals surface area contributed by atoms with Crippen LogP contribution >= 0.6 is 0 Å². The van der Waals surface area contributed by atoms with Crippen LogP contribution in [0.15, 0.2) is 48.5 Å². The van der Waals surface area contributed by atoms with Gasteiger partial charge in [0, 0.05) is 12.6 Å². The largest absolute Gasteiger partial charge is 0.497 e. The third-order valence-corrected chi connectivity index (χ3v) is 7.76. The summed E-state index contributed by atoms with van der Waals surface area (Å²) < 4.78 is 45.0. The maximum absolute atomic E-state index is 13.7. The van der Waals surface area contributed by atoms with E-state index in [0.29, 0.717) is 12.2 Å². The fraction of sp³-hybridized carbons (Fsp3) is 0.481. The molecule has 2 amide bonds. The van der Waals surface area contributed by atoms with Crippen molar-refractivity contribution >= 4 is 27.5 Å². The summed E-state index contributed by atoms with van der Waals surface area (Å²) in [4.78, 5) is 28.5. The maximum Gasteiger partial charge on any atom is 0.244 e. The van der Waals surface area contributed by atoms with Crippen molar-refractivity contribution in [3.05, 3.63) is 59.9 Å². The van der Waals surface area contributed by atoms with E-state index in [-0.39, 0.29) is 24.2 Å². The van der Waals surface area contributed by atoms with Crippen molar-refractivity contribution in [2.24, 2.45) is 0 Å². The third kappa shape index (κ3) is 7.92. The first-order valence-corrected chi connectivity index (χ1v) is 14.4. The van der Waals surface area contributed by atoms with Gasteiger partial charge in [0.05, 0.1) is 19.1 Å². The smallest absolute Gasteiger partial charge is 0.244 e. The van der Waals surface area contributed by atoms with Gasteiger partial charge in [-0.2, -0.15) is 0 Å². The fourth-order valence-corrected chi connectivity index (χ4v) is 5.50. The lowest BCUT2D eigenvalue weighted by atomic mass is 9.95. The molecule has 3 rings (SSSR count). The van der Waals surface area contributed by atoms with E-state index in [1.807, 2.05) is 13.0 Å². The summed E-state index contributed by atoms with van der Waals surface area (Å²) in [6.45, 7) is 1.39. The van der Waals surface area contributed by atoms with Gasteiger partial charge in [0.2, 0.25) is 21.8 Å². The van der Waals surface area contributed by atoms with Crippen LogP contribution in [0.3, 0.4) is 0 Å². The van der Waals surface area contributed by atoms with E-state index in [2.05, 4.69) is 5.32 Å². The second kappa shape index (κ2) is 12.9. The molecular formula is C27H36FN3O5S. The highest BCUT2D eigenvalue weighted by molar-refractivity contribution is 7.92. The lowest BCUT2D eigenvalue weighted by Crippen LogP contribution is -2.53. The molecule has 0 saturated heterocycles. The standard InChI is InChI=1S/C27H36FN3O5S/c1-4-25(27(33)29-22-10-6-5-7-11-22)30(18-20-9-8-12-24(17-20)36-2)26(32)19-31(37(3,34)35)23-15-13-21(28)14-16-23/h8-9,12-17,22,25H,4-7,10-11,18-19H2,1-3H3,(H,29,33)/t25-/m1/s1. The first-order chi connectivity index (χ1) is 17.6. The van der Waals surface area contributed by atoms with Crippen molar-refractivity contribution in [1.29, 1.82) is 0 Å². The molecule has 1 N–H and O–H groups in total. The van der Waals surface area contributed by atoms with Crippen LogP contribution in [0.1, 0.15) is 51.0 Å². The number of carbonyl (C=O) groups is 2. The van der Waals surface area contributed by atoms with E-state index in [0.717, 1.165) is 60.4 Å². The van der Waals surface area contributed by atoms with Crippen molar-refractivity contribution in [1.82, 2.24) is 10.2 Å². The van der Waals surface area contributed by atoms with Crippen LogP contribution in [0.25, 0.3) is 0 Å². The Morgan fingerprint density at radius 3 is 2.38 bits per heavy atom. The van der Waals surface area contributed by atoms with Gasteiger partial charge < -0.3 is 15.0 Å². The zero-order valence-electron chi connectivity index (χ0n) is 21.7. The van der Waals surface area contributed by atoms with E-state index < -0.39 is 34.3 Å². The van der Waals surface area contributed by atoms with E-state index >= 15 is 0 Å². The molecule has 2 aromatic rings. The molecule has 1 aliphatic carbocycles. The predicted molar refractivity (Wildman–Crippen MR) is 141 cm³/mol. The highest BCUT2D eigenvalue weighted by atomic mass is 32.2. The van der Waals surface area contributed by atoms with Crippen LogP contribution in [0.4, 0.5) is 10.1 Å². The molecule has 0 spiro atoms. The molecule has 0 heterocycles. The van der Waals surface area contributed by atoms with Crippen LogP contribution in [0.5, 0.6) is 5.75 Å². The molecule has 8 nitrogen and oxygen atoms in total. The number of halogens is 1. The molecule has 1 saturated carbocycles. The minimum absolute atomic E-state index is 0.0656. The fourth-order valence-electron chi connectivity index (χ4n) is 4.65. The Morgan fingerprint density at radius 1 is 1.11 bits per heavy atom. The minimum atomic E-state index is -3.88. The lowest BCUT2D eigenvalue weighted by Gasteiger charge is -2.34. The number of methoxy groups -OCH3 is 1. The number of carbonyl (C=O) groups excluding carboxylic acids is 2. The monoisotopic (exact) mass is 533 g/mol. The molecule has 10 heteroatoms. The number of amides is 2. The summed E-state index contributed by atoms with van der Waals surface area (Å²) in [6, 6.07) is 11.3. The summed E-state index contributed by atoms with van der Waals surface area (Å²) in [5.41, 5.74) is 0.905. The summed E-state index contributed by atoms with van der Waals surface area (Å²) in [5, 5.41) is 3.10. The van der Waals surface area contributed by atoms with Gasteiger partial charge in [-0.15, -0.1) is 0 Å². The Hall–Kier alpha value is -3.14. The lowest BCUT2D eigenvalue weighted by molar-refractivity contribution is -0.140. The van der Waals surface area contributed by atoms with Crippen LogP contribution in [-0.4, -0.2) is 57.1 Å². The van der Waals surface area contributed by atoms with Gasteiger partial charge in [0.25, 0.3) is 0 Å². The topological polar surface area (TPSA) is 96.0 Å². The molecule has 0 aromatic heterocycles. The summed E-state index contributed by atoms with van der Waals surface area (Å²) >= 11 is 0. The van der Waals surface area contributed by atoms with Gasteiger partial charge >= 0.3 is 0 Å². The van der Waals surface area contributed by atoms with Crippen molar-refractivity contribution in [3.8, 4) is 5.75 Å². The van der Waals surface area contributed by atoms with Crippen molar-refractivity contribution < 1.29 is 27.1 Å². The molecular weight excluding hydrogens is 497 g/mol. The van der Waals surface area contributed by atoms with Gasteiger partial charge in [-0.05, 0) is 61.2 Å². The van der Waals surface area contributed by atoms with Gasteiger partial charge in [0.15, 0.2) is 0 Å². The Balaban J connectivity index is 1.92. The van der Waals surface area contributed by atoms with E-state index in [9.17, 15) is 22.4 Å². The van der Waals surface area contributed by atoms with Crippen LogP contribution < -0.4 is 14.4 Å². The Morgan fingerprint density at radius 2 is 1.78 bits per heavy atom. The van der Waals surface area contributed by atoms with Crippen molar-refractivity contribution in [3.63, 3.8) is 0 Å². The number of ether oxygens (including phenoxy) is 1. The van der Waals surface area contributed by atoms with Gasteiger partial charge in [-0.25, -0.2) is 12.8 Å². The van der Waals surface area contributed by atoms with E-state index in [4.69, 9.17) is 4.74 Å². The molecule has 1 aliphatic rings. The van der Waals surface area contributed by atoms with Gasteiger partial charge in [-0.1, -0.05) is 38.3 Å². The SMILES string of the molecule is CC[C@H](C(=O)NC1CCCCC1)N(Cc1cccc(OC)c1)C(=O)CN(c1ccc(F)cc1)S(C)(=O)=O. The average molecular weight is 534 g/mol. The molecule has 2 aromatic carbocycles. The number of hydrogen-bond acceptors (Lipinski definition) is 5. The van der Waals surface area contributed by atoms with Crippen LogP contribution in [0.2, 0.25) is 0 Å². The normalized spacial score (nSPS) is 15.0. The highest BCUT2D eigenvalue weighted by Crippen LogP contribution is 2.22. The first-order valence-electron chi connectivity index (χ1n) is 12.6. The number of rotatable bonds is 11. The van der Waals surface area contributed by atoms with Crippen molar-refractivity contribution in [2.75, 3.05) is 24.2 Å². The van der Waals surface area contributed by atoms with Gasteiger partial charge in [0.1, 0.15) is 24.2 Å². The molecule has 0 radical (unpaired) electrons. The summed E-state index contributed by atoms with van der Waals surface area (Å²) in [7, 11) is -2.33. The average Bonchev–Trinajstić information content (AvgIpc) is 2.87. The zero-order chi connectivity index (χ0) is 27.0. The number of hydrogen-bond donors (Lipinski definition) is 1. The molecule has 0 bridgehead atoms. The molecule has 0 unspecified atom stereocenters. The molecule has 202 valence electrons. The summed E-state index contributed by atoms with van der Waals surface area (Å²) in [6.07, 6.45) is 6.39. The molecule has 37 heavy (non-hydrogen) atoms. The molecule has 1 fully saturated rings. The first kappa shape index (κ1) is 28.4. The van der Waals surface area contributed by atoms with E-state index in [1.54, 1.807) is 25.3 Å².